The van der Waals surface area contributed by atoms with Crippen LogP contribution in [0.15, 0.2) is 27.7 Å². The number of carbonyl (C=O) groups is 1. The Morgan fingerprint density at radius 2 is 2.13 bits per heavy atom. The highest BCUT2D eigenvalue weighted by molar-refractivity contribution is 9.10. The van der Waals surface area contributed by atoms with Crippen molar-refractivity contribution in [1.82, 2.24) is 34.3 Å². The van der Waals surface area contributed by atoms with Crippen molar-refractivity contribution in [3.8, 4) is 0 Å². The molecule has 8 nitrogen and oxygen atoms in total. The number of amides is 1. The fourth-order valence-electron chi connectivity index (χ4n) is 2.73. The van der Waals surface area contributed by atoms with Crippen molar-refractivity contribution in [2.75, 3.05) is 6.54 Å². The summed E-state index contributed by atoms with van der Waals surface area (Å²) < 4.78 is 5.05. The Kier molecular flexibility index (Phi) is 3.45. The molecule has 118 valence electrons. The van der Waals surface area contributed by atoms with E-state index in [-0.39, 0.29) is 11.9 Å². The molecule has 1 atom stereocenters. The smallest absolute Gasteiger partial charge is 0.275 e. The normalized spacial score (nSPS) is 17.5. The fraction of sp³-hybridized carbons (Fsp3) is 0.308. The Balaban J connectivity index is 1.68. The van der Waals surface area contributed by atoms with Crippen LogP contribution in [0.25, 0.3) is 5.65 Å². The first-order valence-electron chi connectivity index (χ1n) is 6.95. The molecule has 4 rings (SSSR count). The highest BCUT2D eigenvalue weighted by Crippen LogP contribution is 2.27. The number of fused-ring (bicyclic) bond motifs is 2. The Morgan fingerprint density at radius 3 is 2.96 bits per heavy atom. The number of hydrogen-bond acceptors (Lipinski definition) is 5. The van der Waals surface area contributed by atoms with Crippen LogP contribution in [0.4, 0.5) is 0 Å². The van der Waals surface area contributed by atoms with Crippen LogP contribution in [0, 0.1) is 0 Å². The zero-order valence-corrected chi connectivity index (χ0v) is 15.2. The number of aromatic nitrogens is 6. The van der Waals surface area contributed by atoms with Crippen LogP contribution in [0.2, 0.25) is 0 Å². The van der Waals surface area contributed by atoms with Crippen LogP contribution < -0.4 is 0 Å². The molecule has 1 aliphatic heterocycles. The van der Waals surface area contributed by atoms with Crippen molar-refractivity contribution >= 4 is 43.4 Å². The van der Waals surface area contributed by atoms with Crippen molar-refractivity contribution in [3.05, 3.63) is 39.2 Å². The second-order valence-corrected chi connectivity index (χ2v) is 6.88. The molecule has 1 amide bonds. The van der Waals surface area contributed by atoms with E-state index in [1.165, 1.54) is 0 Å². The van der Waals surface area contributed by atoms with Crippen LogP contribution in [-0.2, 0) is 6.54 Å². The van der Waals surface area contributed by atoms with E-state index in [1.54, 1.807) is 27.9 Å². The first-order valence-corrected chi connectivity index (χ1v) is 8.53. The van der Waals surface area contributed by atoms with Gasteiger partial charge in [0.15, 0.2) is 21.9 Å². The molecule has 0 saturated carbocycles. The summed E-state index contributed by atoms with van der Waals surface area (Å²) >= 11 is 6.71. The molecule has 0 bridgehead atoms. The van der Waals surface area contributed by atoms with Gasteiger partial charge in [0.2, 0.25) is 0 Å². The molecule has 0 N–H and O–H groups in total. The van der Waals surface area contributed by atoms with Gasteiger partial charge in [-0.25, -0.2) is 9.50 Å². The van der Waals surface area contributed by atoms with Crippen LogP contribution in [-0.4, -0.2) is 46.7 Å². The second kappa shape index (κ2) is 5.38. The minimum atomic E-state index is -0.167. The molecule has 0 spiro atoms. The molecule has 0 fully saturated rings. The molecule has 0 aromatic carbocycles. The predicted molar refractivity (Wildman–Crippen MR) is 87.9 cm³/mol. The molecule has 10 heteroatoms. The van der Waals surface area contributed by atoms with Gasteiger partial charge in [-0.3, -0.25) is 4.79 Å². The molecular weight excluding hydrogens is 430 g/mol. The van der Waals surface area contributed by atoms with E-state index in [4.69, 9.17) is 0 Å². The maximum absolute atomic E-state index is 12.8. The van der Waals surface area contributed by atoms with Crippen molar-refractivity contribution in [2.45, 2.75) is 19.5 Å². The van der Waals surface area contributed by atoms with Crippen LogP contribution >= 0.6 is 31.9 Å². The third kappa shape index (κ3) is 2.36. The summed E-state index contributed by atoms with van der Waals surface area (Å²) in [5.41, 5.74) is 1.00. The lowest BCUT2D eigenvalue weighted by Gasteiger charge is -2.32. The van der Waals surface area contributed by atoms with Crippen molar-refractivity contribution in [3.63, 3.8) is 0 Å². The summed E-state index contributed by atoms with van der Waals surface area (Å²) in [4.78, 5) is 18.8. The molecule has 3 aromatic rings. The summed E-state index contributed by atoms with van der Waals surface area (Å²) in [5, 5.41) is 12.5. The average molecular weight is 441 g/mol. The van der Waals surface area contributed by atoms with Gasteiger partial charge in [-0.2, -0.15) is 5.10 Å². The van der Waals surface area contributed by atoms with Gasteiger partial charge in [0.25, 0.3) is 5.91 Å². The quantitative estimate of drug-likeness (QED) is 0.578. The van der Waals surface area contributed by atoms with Gasteiger partial charge in [0.05, 0.1) is 10.5 Å². The number of nitrogens with zero attached hydrogens (tertiary/aromatic N) is 7. The SMILES string of the molecule is CC1c2nnc(Br)n2CCN1C(=O)c1cc2ncc(Br)cn2n1. The highest BCUT2D eigenvalue weighted by Gasteiger charge is 2.32. The first-order chi connectivity index (χ1) is 11.0. The molecular formula is C13H11Br2N7O. The van der Waals surface area contributed by atoms with Gasteiger partial charge in [-0.15, -0.1) is 10.2 Å². The van der Waals surface area contributed by atoms with Crippen molar-refractivity contribution in [1.29, 1.82) is 0 Å². The van der Waals surface area contributed by atoms with E-state index in [0.29, 0.717) is 29.2 Å². The summed E-state index contributed by atoms with van der Waals surface area (Å²) in [7, 11) is 0. The number of carbonyl (C=O) groups excluding carboxylic acids is 1. The summed E-state index contributed by atoms with van der Waals surface area (Å²) in [6, 6.07) is 1.52. The lowest BCUT2D eigenvalue weighted by Crippen LogP contribution is -2.41. The summed E-state index contributed by atoms with van der Waals surface area (Å²) in [5.74, 6) is 0.630. The van der Waals surface area contributed by atoms with E-state index >= 15 is 0 Å². The van der Waals surface area contributed by atoms with Crippen LogP contribution in [0.1, 0.15) is 29.3 Å². The zero-order valence-electron chi connectivity index (χ0n) is 12.0. The first kappa shape index (κ1) is 14.8. The highest BCUT2D eigenvalue weighted by atomic mass is 79.9. The molecule has 0 radical (unpaired) electrons. The lowest BCUT2D eigenvalue weighted by molar-refractivity contribution is 0.0630. The molecule has 4 heterocycles. The van der Waals surface area contributed by atoms with Crippen LogP contribution in [0.3, 0.4) is 0 Å². The van der Waals surface area contributed by atoms with Gasteiger partial charge in [0.1, 0.15) is 0 Å². The van der Waals surface area contributed by atoms with Gasteiger partial charge in [0, 0.05) is 31.5 Å². The van der Waals surface area contributed by atoms with Gasteiger partial charge in [-0.1, -0.05) is 0 Å². The Bertz CT molecular complexity index is 918. The molecule has 3 aromatic heterocycles. The summed E-state index contributed by atoms with van der Waals surface area (Å²) in [6.07, 6.45) is 3.45. The lowest BCUT2D eigenvalue weighted by atomic mass is 10.2. The van der Waals surface area contributed by atoms with E-state index in [9.17, 15) is 4.79 Å². The Hall–Kier alpha value is -1.81. The van der Waals surface area contributed by atoms with Crippen molar-refractivity contribution in [2.24, 2.45) is 0 Å². The third-order valence-corrected chi connectivity index (χ3v) is 4.90. The molecule has 0 aliphatic carbocycles. The number of rotatable bonds is 1. The number of halogens is 2. The Labute approximate surface area is 147 Å². The number of hydrogen-bond donors (Lipinski definition) is 0. The van der Waals surface area contributed by atoms with E-state index in [0.717, 1.165) is 10.3 Å². The maximum Gasteiger partial charge on any atom is 0.275 e. The standard InChI is InChI=1S/C13H11Br2N7O/c1-7-11-17-18-13(15)21(11)3-2-20(7)12(23)9-4-10-16-5-8(14)6-22(10)19-9/h4-7H,2-3H2,1H3. The van der Waals surface area contributed by atoms with Crippen LogP contribution in [0.5, 0.6) is 0 Å². The maximum atomic E-state index is 12.8. The zero-order chi connectivity index (χ0) is 16.1. The Morgan fingerprint density at radius 1 is 1.30 bits per heavy atom. The van der Waals surface area contributed by atoms with Gasteiger partial charge in [-0.05, 0) is 38.8 Å². The fourth-order valence-corrected chi connectivity index (χ4v) is 3.47. The van der Waals surface area contributed by atoms with Crippen molar-refractivity contribution < 1.29 is 4.79 Å². The van der Waals surface area contributed by atoms with E-state index < -0.39 is 0 Å². The molecule has 0 saturated heterocycles. The minimum Gasteiger partial charge on any atom is -0.325 e. The minimum absolute atomic E-state index is 0.135. The van der Waals surface area contributed by atoms with E-state index in [1.807, 2.05) is 11.5 Å². The third-order valence-electron chi connectivity index (χ3n) is 3.90. The van der Waals surface area contributed by atoms with E-state index in [2.05, 4.69) is 52.1 Å². The monoisotopic (exact) mass is 439 g/mol. The topological polar surface area (TPSA) is 81.2 Å². The van der Waals surface area contributed by atoms with Gasteiger partial charge >= 0.3 is 0 Å². The summed E-state index contributed by atoms with van der Waals surface area (Å²) in [6.45, 7) is 3.17. The average Bonchev–Trinajstić information content (AvgIpc) is 3.11. The predicted octanol–water partition coefficient (Wildman–Crippen LogP) is 2.06. The molecule has 1 unspecified atom stereocenters. The molecule has 23 heavy (non-hydrogen) atoms. The largest absolute Gasteiger partial charge is 0.325 e. The second-order valence-electron chi connectivity index (χ2n) is 5.26. The van der Waals surface area contributed by atoms with Gasteiger partial charge < -0.3 is 9.47 Å². The molecule has 1 aliphatic rings.